The van der Waals surface area contributed by atoms with Crippen molar-refractivity contribution in [2.45, 2.75) is 104 Å². The topological polar surface area (TPSA) is 64.8 Å². The van der Waals surface area contributed by atoms with Gasteiger partial charge in [0.05, 0.1) is 17.3 Å². The van der Waals surface area contributed by atoms with Crippen LogP contribution in [0.1, 0.15) is 112 Å². The summed E-state index contributed by atoms with van der Waals surface area (Å²) in [6, 6.07) is 12.8. The quantitative estimate of drug-likeness (QED) is 0.180. The minimum Gasteiger partial charge on any atom is -0.545 e. The van der Waals surface area contributed by atoms with E-state index in [1.54, 1.807) is 12.1 Å². The molecule has 0 fully saturated rings. The van der Waals surface area contributed by atoms with Crippen LogP contribution in [-0.4, -0.2) is 5.97 Å². The summed E-state index contributed by atoms with van der Waals surface area (Å²) in [5.41, 5.74) is 4.49. The molecule has 0 aliphatic heterocycles. The van der Waals surface area contributed by atoms with Gasteiger partial charge in [0.15, 0.2) is 0 Å². The van der Waals surface area contributed by atoms with Crippen LogP contribution in [0, 0.1) is 0 Å². The molecule has 0 atom stereocenters. The predicted molar refractivity (Wildman–Crippen MR) is 136 cm³/mol. The van der Waals surface area contributed by atoms with Gasteiger partial charge in [0.25, 0.3) is 0 Å². The van der Waals surface area contributed by atoms with Crippen LogP contribution in [0.2, 0.25) is 0 Å². The van der Waals surface area contributed by atoms with Gasteiger partial charge in [-0.1, -0.05) is 96.3 Å². The van der Waals surface area contributed by atoms with E-state index >= 15 is 0 Å². The predicted octanol–water partition coefficient (Wildman–Crippen LogP) is 8.27. The molecule has 0 bridgehead atoms. The van der Waals surface area contributed by atoms with Crippen LogP contribution in [0.25, 0.3) is 0 Å². The maximum absolute atomic E-state index is 10.9. The van der Waals surface area contributed by atoms with Gasteiger partial charge in [-0.15, -0.1) is 0 Å². The Morgan fingerprint density at radius 1 is 0.636 bits per heavy atom. The van der Waals surface area contributed by atoms with Gasteiger partial charge in [0.1, 0.15) is 0 Å². The Kier molecular flexibility index (Phi) is 13.1. The number of hydrogen-bond acceptors (Lipinski definition) is 4. The molecule has 0 unspecified atom stereocenters. The minimum atomic E-state index is -1.18. The lowest BCUT2D eigenvalue weighted by Crippen LogP contribution is -2.21. The van der Waals surface area contributed by atoms with Crippen LogP contribution >= 0.6 is 0 Å². The summed E-state index contributed by atoms with van der Waals surface area (Å²) >= 11 is 0. The zero-order valence-corrected chi connectivity index (χ0v) is 20.7. The van der Waals surface area contributed by atoms with Gasteiger partial charge in [-0.25, -0.2) is 0 Å². The third kappa shape index (κ3) is 10.8. The Labute approximate surface area is 200 Å². The lowest BCUT2D eigenvalue weighted by atomic mass is 9.96. The molecule has 180 valence electrons. The molecule has 0 aliphatic carbocycles. The van der Waals surface area contributed by atoms with Gasteiger partial charge in [-0.3, -0.25) is 0 Å². The van der Waals surface area contributed by atoms with Crippen molar-refractivity contribution in [1.82, 2.24) is 0 Å². The van der Waals surface area contributed by atoms with E-state index in [4.69, 9.17) is 0 Å². The molecule has 0 spiro atoms. The highest BCUT2D eigenvalue weighted by Crippen LogP contribution is 2.25. The molecule has 4 heteroatoms. The number of aromatic carboxylic acids is 1. The number of azo groups is 1. The van der Waals surface area contributed by atoms with Gasteiger partial charge >= 0.3 is 0 Å². The number of carboxylic acids is 1. The highest BCUT2D eigenvalue weighted by molar-refractivity contribution is 5.86. The largest absolute Gasteiger partial charge is 0.545 e. The van der Waals surface area contributed by atoms with E-state index in [1.165, 1.54) is 100 Å². The second-order valence-electron chi connectivity index (χ2n) is 9.02. The SMILES string of the molecule is CCCCCCCCc1ccc(N=Nc2ccc(C(=O)[O-])cc2)cc1CCCCCCCC. The number of rotatable bonds is 17. The van der Waals surface area contributed by atoms with Crippen molar-refractivity contribution in [1.29, 1.82) is 0 Å². The molecule has 0 aromatic heterocycles. The van der Waals surface area contributed by atoms with Crippen molar-refractivity contribution in [3.8, 4) is 0 Å². The molecule has 4 nitrogen and oxygen atoms in total. The van der Waals surface area contributed by atoms with E-state index in [0.717, 1.165) is 18.5 Å². The summed E-state index contributed by atoms with van der Waals surface area (Å²) in [5, 5.41) is 19.6. The Balaban J connectivity index is 2.00. The van der Waals surface area contributed by atoms with Crippen LogP contribution < -0.4 is 5.11 Å². The van der Waals surface area contributed by atoms with Crippen LogP contribution in [0.15, 0.2) is 52.7 Å². The zero-order chi connectivity index (χ0) is 23.7. The Morgan fingerprint density at radius 3 is 1.70 bits per heavy atom. The molecule has 0 saturated heterocycles. The summed E-state index contributed by atoms with van der Waals surface area (Å²) in [6.45, 7) is 4.52. The van der Waals surface area contributed by atoms with Crippen LogP contribution in [0.5, 0.6) is 0 Å². The monoisotopic (exact) mass is 449 g/mol. The maximum Gasteiger partial charge on any atom is 0.0860 e. The lowest BCUT2D eigenvalue weighted by molar-refractivity contribution is -0.255. The third-order valence-electron chi connectivity index (χ3n) is 6.17. The number of nitrogens with zero attached hydrogens (tertiary/aromatic N) is 2. The summed E-state index contributed by atoms with van der Waals surface area (Å²) in [7, 11) is 0. The Bertz CT molecular complexity index is 843. The zero-order valence-electron chi connectivity index (χ0n) is 20.7. The van der Waals surface area contributed by atoms with Gasteiger partial charge in [0, 0.05) is 0 Å². The molecule has 0 amide bonds. The second-order valence-corrected chi connectivity index (χ2v) is 9.02. The molecule has 0 heterocycles. The number of carbonyl (C=O) groups is 1. The van der Waals surface area contributed by atoms with Crippen LogP contribution in [0.4, 0.5) is 11.4 Å². The highest BCUT2D eigenvalue weighted by atomic mass is 16.4. The molecular formula is C29H41N2O2-. The summed E-state index contributed by atoms with van der Waals surface area (Å²) < 4.78 is 0. The van der Waals surface area contributed by atoms with Gasteiger partial charge in [-0.05, 0) is 66.6 Å². The number of hydrogen-bond donors (Lipinski definition) is 0. The maximum atomic E-state index is 10.9. The molecule has 2 aromatic carbocycles. The van der Waals surface area contributed by atoms with Crippen molar-refractivity contribution in [3.63, 3.8) is 0 Å². The minimum absolute atomic E-state index is 0.147. The first-order chi connectivity index (χ1) is 16.1. The number of carboxylic acid groups (broad SMARTS) is 1. The summed E-state index contributed by atoms with van der Waals surface area (Å²) in [4.78, 5) is 10.9. The van der Waals surface area contributed by atoms with Crippen molar-refractivity contribution >= 4 is 17.3 Å². The van der Waals surface area contributed by atoms with Crippen molar-refractivity contribution in [3.05, 3.63) is 59.2 Å². The molecule has 2 aromatic rings. The fourth-order valence-corrected chi connectivity index (χ4v) is 4.12. The number of carbonyl (C=O) groups excluding carboxylic acids is 1. The summed E-state index contributed by atoms with van der Waals surface area (Å²) in [5.74, 6) is -1.18. The first-order valence-electron chi connectivity index (χ1n) is 13.0. The Hall–Kier alpha value is -2.49. The Morgan fingerprint density at radius 2 is 1.12 bits per heavy atom. The number of unbranched alkanes of at least 4 members (excludes halogenated alkanes) is 10. The first-order valence-corrected chi connectivity index (χ1v) is 13.0. The molecule has 0 aliphatic rings. The second kappa shape index (κ2) is 16.2. The van der Waals surface area contributed by atoms with Gasteiger partial charge in [0.2, 0.25) is 0 Å². The van der Waals surface area contributed by atoms with Crippen LogP contribution in [0.3, 0.4) is 0 Å². The highest BCUT2D eigenvalue weighted by Gasteiger charge is 2.05. The van der Waals surface area contributed by atoms with E-state index in [-0.39, 0.29) is 5.56 Å². The molecule has 33 heavy (non-hydrogen) atoms. The fraction of sp³-hybridized carbons (Fsp3) is 0.552. The van der Waals surface area contributed by atoms with Crippen LogP contribution in [-0.2, 0) is 12.8 Å². The average Bonchev–Trinajstić information content (AvgIpc) is 2.83. The van der Waals surface area contributed by atoms with Gasteiger partial charge < -0.3 is 9.90 Å². The smallest absolute Gasteiger partial charge is 0.0860 e. The number of aryl methyl sites for hydroxylation is 2. The summed E-state index contributed by atoms with van der Waals surface area (Å²) in [6.07, 6.45) is 17.9. The van der Waals surface area contributed by atoms with E-state index in [1.807, 2.05) is 0 Å². The van der Waals surface area contributed by atoms with Gasteiger partial charge in [-0.2, -0.15) is 10.2 Å². The van der Waals surface area contributed by atoms with E-state index < -0.39 is 5.97 Å². The number of benzene rings is 2. The van der Waals surface area contributed by atoms with E-state index in [0.29, 0.717) is 5.69 Å². The molecule has 0 N–H and O–H groups in total. The molecule has 0 radical (unpaired) electrons. The van der Waals surface area contributed by atoms with Crippen molar-refractivity contribution < 1.29 is 9.90 Å². The normalized spacial score (nSPS) is 11.3. The molecule has 0 saturated carbocycles. The first kappa shape index (κ1) is 26.8. The fourth-order valence-electron chi connectivity index (χ4n) is 4.12. The van der Waals surface area contributed by atoms with Crippen molar-refractivity contribution in [2.24, 2.45) is 10.2 Å². The van der Waals surface area contributed by atoms with Crippen molar-refractivity contribution in [2.75, 3.05) is 0 Å². The lowest BCUT2D eigenvalue weighted by Gasteiger charge is -2.11. The van der Waals surface area contributed by atoms with E-state index in [2.05, 4.69) is 42.3 Å². The standard InChI is InChI=1S/C29H42N2O2/c1-3-5-7-9-11-13-15-24-17-22-28(23-26(24)16-14-12-10-8-6-4-2)31-30-27-20-18-25(19-21-27)29(32)33/h17-23H,3-16H2,1-2H3,(H,32,33)/p-1. The molecular weight excluding hydrogens is 408 g/mol. The van der Waals surface area contributed by atoms with E-state index in [9.17, 15) is 9.90 Å². The third-order valence-corrected chi connectivity index (χ3v) is 6.17. The molecule has 2 rings (SSSR count). The average molecular weight is 450 g/mol.